The van der Waals surface area contributed by atoms with Gasteiger partial charge in [0.15, 0.2) is 0 Å². The minimum Gasteiger partial charge on any atom is -0.459 e. The Morgan fingerprint density at radius 3 is 1.10 bits per heavy atom. The normalized spacial score (nSPS) is 41.3. The topological polar surface area (TPSA) is 294 Å². The molecule has 22 fully saturated rings. The number of esters is 8. The van der Waals surface area contributed by atoms with E-state index in [0.29, 0.717) is 67.6 Å². The first kappa shape index (κ1) is 104. The fourth-order valence-corrected chi connectivity index (χ4v) is 32.8. The van der Waals surface area contributed by atoms with E-state index in [2.05, 4.69) is 34.6 Å². The third kappa shape index (κ3) is 20.3. The van der Waals surface area contributed by atoms with E-state index in [1.807, 2.05) is 132 Å². The molecule has 2 saturated heterocycles. The highest BCUT2D eigenvalue weighted by atomic mass is 32.2. The number of carbonyl (C=O) groups excluding carboxylic acids is 8. The van der Waals surface area contributed by atoms with Gasteiger partial charge in [-0.05, 0) is 430 Å². The van der Waals surface area contributed by atoms with Gasteiger partial charge in [-0.2, -0.15) is 8.42 Å². The zero-order valence-electron chi connectivity index (χ0n) is 86.9. The van der Waals surface area contributed by atoms with Gasteiger partial charge in [-0.15, -0.1) is 0 Å². The van der Waals surface area contributed by atoms with E-state index in [1.165, 1.54) is 77.0 Å². The second-order valence-electron chi connectivity index (χ2n) is 52.3. The van der Waals surface area contributed by atoms with Crippen molar-refractivity contribution in [2.75, 3.05) is 0 Å². The van der Waals surface area contributed by atoms with Crippen LogP contribution in [0.1, 0.15) is 429 Å². The Morgan fingerprint density at radius 1 is 0.368 bits per heavy atom. The largest absolute Gasteiger partial charge is 0.459 e. The van der Waals surface area contributed by atoms with Crippen LogP contribution in [0.15, 0.2) is 0 Å². The van der Waals surface area contributed by atoms with Crippen molar-refractivity contribution in [3.05, 3.63) is 0 Å². The lowest BCUT2D eigenvalue weighted by Crippen LogP contribution is -2.61. The third-order valence-corrected chi connectivity index (χ3v) is 42.7. The lowest BCUT2D eigenvalue weighted by atomic mass is 9.52. The summed E-state index contributed by atoms with van der Waals surface area (Å²) in [5.74, 6) is 12.2. The zero-order valence-corrected chi connectivity index (χ0v) is 87.7. The van der Waals surface area contributed by atoms with Crippen LogP contribution >= 0.6 is 0 Å². The summed E-state index contributed by atoms with van der Waals surface area (Å²) in [5.41, 5.74) is -5.09. The van der Waals surface area contributed by atoms with Gasteiger partial charge < -0.3 is 48.1 Å². The standard InChI is InChI=1S/2C20H32O2.2C16H26O3.C13H20O5S.C13H20O4.C13H24O2/c2*1-5-19(3,4)18(21)22-20(6-2)11-14-10-15(20)17-13-8-7-12(9-13)16(14)17;2*1-4-14(2,3)13(17)19-16-8-11-5-12(9-16)7-15(18,6-11)10-16;1-4-13(2,3)12(14)17-10-7-5-8-9(6-7)19(15,16)18-11(8)10;1-4-13(2,3)12(15)17-10-8-6-5-7-9(8)16-11(10)14;1-5-12(3,4)11(14)15-13(6-2)9-7-8-10-13/h2*12-17H,5-11H2,1-4H3;2*11-12,18H,4-10H2,1-3H3;7-11H,4-6H2,1-3H3;8-10H,4-7H2,1-3H3;5-10H2,1-4H3. The Hall–Kier alpha value is -4.41. The Morgan fingerprint density at radius 2 is 0.729 bits per heavy atom. The van der Waals surface area contributed by atoms with Gasteiger partial charge in [-0.25, -0.2) is 4.79 Å². The molecule has 0 spiro atoms. The van der Waals surface area contributed by atoms with Crippen molar-refractivity contribution in [1.29, 1.82) is 0 Å². The van der Waals surface area contributed by atoms with Crippen molar-refractivity contribution in [1.82, 2.24) is 0 Å². The van der Waals surface area contributed by atoms with Crippen LogP contribution in [0.3, 0.4) is 0 Å². The fourth-order valence-electron chi connectivity index (χ4n) is 30.9. The molecule has 2 N–H and O–H groups in total. The first-order valence-electron chi connectivity index (χ1n) is 54.2. The summed E-state index contributed by atoms with van der Waals surface area (Å²) < 4.78 is 75.3. The Bertz CT molecular complexity index is 4140. The molecule has 2 heterocycles. The average Bonchev–Trinajstić information content (AvgIpc) is 1.55. The SMILES string of the molecule is CCC(C)(C)C(=O)OC1(CC)CC2CC1C1C3CCC(C3)C21.CCC(C)(C)C(=O)OC1(CC)CC2CC1C1C3CCC(C3)C21.CCC(C)(C)C(=O)OC12CC3CC(CC(O)(C3)C1)C2.CCC(C)(C)C(=O)OC12CC3CC(CC(O)(C3)C1)C2.CCC(C)(C)C(=O)OC1C(=O)OC2CCCC21.CCC(C)(C)C(=O)OC1C2CC3C1OS(=O)(=O)C3C2.CCC1(OC(=O)C(C)(C)CC)CCCC1. The van der Waals surface area contributed by atoms with E-state index in [0.717, 1.165) is 213 Å². The molecule has 22 heteroatoms. The first-order chi connectivity index (χ1) is 62.0. The predicted octanol–water partition coefficient (Wildman–Crippen LogP) is 23.0. The summed E-state index contributed by atoms with van der Waals surface area (Å²) in [6, 6.07) is 0. The van der Waals surface area contributed by atoms with Crippen LogP contribution in [0.2, 0.25) is 0 Å². The van der Waals surface area contributed by atoms with Gasteiger partial charge >= 0.3 is 47.8 Å². The summed E-state index contributed by atoms with van der Waals surface area (Å²) >= 11 is 0. The molecule has 0 amide bonds. The van der Waals surface area contributed by atoms with Crippen molar-refractivity contribution >= 4 is 57.9 Å². The maximum atomic E-state index is 12.7. The van der Waals surface area contributed by atoms with Crippen molar-refractivity contribution in [2.45, 2.75) is 498 Å². The lowest BCUT2D eigenvalue weighted by molar-refractivity contribution is -0.226. The molecule has 20 aliphatic carbocycles. The van der Waals surface area contributed by atoms with Crippen LogP contribution in [-0.4, -0.2) is 135 Å². The van der Waals surface area contributed by atoms with Crippen LogP contribution in [0.5, 0.6) is 0 Å². The summed E-state index contributed by atoms with van der Waals surface area (Å²) in [7, 11) is -3.43. The molecule has 0 aromatic rings. The zero-order chi connectivity index (χ0) is 97.3. The number of hydrogen-bond acceptors (Lipinski definition) is 21. The van der Waals surface area contributed by atoms with E-state index < -0.39 is 55.2 Å². The number of hydrogen-bond donors (Lipinski definition) is 2. The molecule has 26 unspecified atom stereocenters. The second-order valence-corrected chi connectivity index (χ2v) is 54.1. The minimum atomic E-state index is -3.43. The molecular formula is C111H180O21S. The quantitative estimate of drug-likeness (QED) is 0.0393. The molecule has 756 valence electrons. The van der Waals surface area contributed by atoms with E-state index >= 15 is 0 Å². The molecule has 20 saturated carbocycles. The summed E-state index contributed by atoms with van der Waals surface area (Å²) in [4.78, 5) is 97.9. The molecule has 26 atom stereocenters. The number of rotatable bonds is 24. The van der Waals surface area contributed by atoms with Crippen LogP contribution in [-0.2, 0) is 90.6 Å². The van der Waals surface area contributed by atoms with E-state index in [9.17, 15) is 57.0 Å². The Labute approximate surface area is 801 Å². The van der Waals surface area contributed by atoms with E-state index in [1.54, 1.807) is 0 Å². The van der Waals surface area contributed by atoms with Gasteiger partial charge in [-0.3, -0.25) is 37.7 Å². The summed E-state index contributed by atoms with van der Waals surface area (Å²) in [6.45, 7) is 48.0. The van der Waals surface area contributed by atoms with Crippen LogP contribution < -0.4 is 0 Å². The van der Waals surface area contributed by atoms with Gasteiger partial charge in [0, 0.05) is 42.4 Å². The van der Waals surface area contributed by atoms with Gasteiger partial charge in [0.05, 0.1) is 54.4 Å². The van der Waals surface area contributed by atoms with Gasteiger partial charge in [0.25, 0.3) is 10.1 Å². The highest BCUT2D eigenvalue weighted by Crippen LogP contribution is 2.73. The fraction of sp³-hybridized carbons (Fsp3) is 0.928. The monoisotopic (exact) mass is 1880 g/mol. The van der Waals surface area contributed by atoms with Gasteiger partial charge in [0.1, 0.15) is 46.3 Å². The Balaban J connectivity index is 0.000000125. The average molecular weight is 1880 g/mol. The number of ether oxygens (including phenoxy) is 8. The minimum absolute atomic E-state index is 0.0197. The van der Waals surface area contributed by atoms with Crippen LogP contribution in [0.4, 0.5) is 0 Å². The number of fused-ring (bicyclic) bond motifs is 20. The van der Waals surface area contributed by atoms with Crippen LogP contribution in [0.25, 0.3) is 0 Å². The number of aliphatic hydroxyl groups is 2. The Kier molecular flexibility index (Phi) is 29.9. The molecule has 22 aliphatic rings. The van der Waals surface area contributed by atoms with E-state index in [4.69, 9.17) is 42.1 Å². The molecule has 2 aliphatic heterocycles. The van der Waals surface area contributed by atoms with Gasteiger partial charge in [-0.1, -0.05) is 69.2 Å². The van der Waals surface area contributed by atoms with Crippen molar-refractivity contribution in [3.63, 3.8) is 0 Å². The molecule has 21 nitrogen and oxygen atoms in total. The molecule has 18 bridgehead atoms. The predicted molar refractivity (Wildman–Crippen MR) is 510 cm³/mol. The van der Waals surface area contributed by atoms with Crippen LogP contribution in [0, 0.1) is 150 Å². The molecule has 133 heavy (non-hydrogen) atoms. The highest BCUT2D eigenvalue weighted by molar-refractivity contribution is 7.87. The summed E-state index contributed by atoms with van der Waals surface area (Å²) in [6.07, 6.45) is 40.9. The van der Waals surface area contributed by atoms with Gasteiger partial charge in [0.2, 0.25) is 6.10 Å². The van der Waals surface area contributed by atoms with Crippen molar-refractivity contribution in [2.24, 2.45) is 150 Å². The van der Waals surface area contributed by atoms with E-state index in [-0.39, 0.29) is 127 Å². The second kappa shape index (κ2) is 38.1. The third-order valence-electron chi connectivity index (χ3n) is 41.0. The maximum absolute atomic E-state index is 12.7. The van der Waals surface area contributed by atoms with Crippen molar-refractivity contribution in [3.8, 4) is 0 Å². The number of carbonyl (C=O) groups is 8. The maximum Gasteiger partial charge on any atom is 0.348 e. The molecular weight excluding hydrogens is 1700 g/mol. The lowest BCUT2D eigenvalue weighted by Gasteiger charge is -2.59. The smallest absolute Gasteiger partial charge is 0.348 e. The molecule has 22 rings (SSSR count). The van der Waals surface area contributed by atoms with Crippen molar-refractivity contribution < 1.29 is 99.1 Å². The molecule has 0 aromatic heterocycles. The molecule has 0 aromatic carbocycles. The highest BCUT2D eigenvalue weighted by Gasteiger charge is 2.72. The first-order valence-corrected chi connectivity index (χ1v) is 55.7. The molecule has 0 radical (unpaired) electrons. The summed E-state index contributed by atoms with van der Waals surface area (Å²) in [5, 5.41) is 20.9.